The number of para-hydroxylation sites is 2. The number of rotatable bonds is 12. The van der Waals surface area contributed by atoms with Crippen molar-refractivity contribution in [3.8, 4) is 11.1 Å². The van der Waals surface area contributed by atoms with Crippen molar-refractivity contribution in [1.29, 1.82) is 0 Å². The normalized spacial score (nSPS) is 19.7. The predicted octanol–water partition coefficient (Wildman–Crippen LogP) is 7.56. The smallest absolute Gasteiger partial charge is 0.271 e. The van der Waals surface area contributed by atoms with Crippen LogP contribution in [0.4, 0.5) is 0 Å². The van der Waals surface area contributed by atoms with Gasteiger partial charge in [-0.05, 0) is 71.6 Å². The number of nitrogens with zero attached hydrogens (tertiary/aromatic N) is 3. The van der Waals surface area contributed by atoms with E-state index in [1.165, 1.54) is 6.20 Å². The van der Waals surface area contributed by atoms with Gasteiger partial charge in [0.05, 0.1) is 42.1 Å². The average Bonchev–Trinajstić information content (AvgIpc) is 3.23. The maximum atomic E-state index is 13.0. The molecule has 9 nitrogen and oxygen atoms in total. The van der Waals surface area contributed by atoms with E-state index in [4.69, 9.17) is 9.47 Å². The van der Waals surface area contributed by atoms with Gasteiger partial charge in [0.1, 0.15) is 5.69 Å². The van der Waals surface area contributed by atoms with Gasteiger partial charge in [-0.15, -0.1) is 0 Å². The van der Waals surface area contributed by atoms with Crippen molar-refractivity contribution in [2.45, 2.75) is 57.6 Å². The highest BCUT2D eigenvalue weighted by Crippen LogP contribution is 2.42. The SMILES string of the molecule is C[C@H]1[C@@H](CN(C)[C@H](C)[C@@H](O)c2ccccc2)O[C@@H](c2cccc(-c3cccc(CNC(=O)c4cnc5ccccc5n4)c3)c2)O[C@H]1c1ccc(CO)cc1. The highest BCUT2D eigenvalue weighted by Gasteiger charge is 2.39. The molecule has 1 aliphatic rings. The molecule has 1 aliphatic heterocycles. The van der Waals surface area contributed by atoms with Crippen LogP contribution in [0.1, 0.15) is 70.7 Å². The quantitative estimate of drug-likeness (QED) is 0.119. The molecule has 1 fully saturated rings. The fourth-order valence-electron chi connectivity index (χ4n) is 7.01. The lowest BCUT2D eigenvalue weighted by molar-refractivity contribution is -0.276. The molecule has 7 rings (SSSR count). The van der Waals surface area contributed by atoms with Gasteiger partial charge in [0.25, 0.3) is 5.91 Å². The summed E-state index contributed by atoms with van der Waals surface area (Å²) >= 11 is 0. The van der Waals surface area contributed by atoms with Crippen LogP contribution in [0.3, 0.4) is 0 Å². The zero-order chi connectivity index (χ0) is 37.6. The van der Waals surface area contributed by atoms with E-state index in [1.807, 2.05) is 123 Å². The van der Waals surface area contributed by atoms with E-state index in [2.05, 4.69) is 45.3 Å². The maximum Gasteiger partial charge on any atom is 0.271 e. The third kappa shape index (κ3) is 8.41. The van der Waals surface area contributed by atoms with E-state index in [1.54, 1.807) is 0 Å². The van der Waals surface area contributed by atoms with Crippen LogP contribution in [0.5, 0.6) is 0 Å². The molecular formula is C45H46N4O5. The van der Waals surface area contributed by atoms with Crippen molar-refractivity contribution >= 4 is 16.9 Å². The first kappa shape index (κ1) is 37.0. The first-order valence-electron chi connectivity index (χ1n) is 18.4. The van der Waals surface area contributed by atoms with Gasteiger partial charge in [-0.3, -0.25) is 14.7 Å². The summed E-state index contributed by atoms with van der Waals surface area (Å²) in [6.07, 6.45) is -0.294. The Balaban J connectivity index is 1.09. The van der Waals surface area contributed by atoms with Crippen molar-refractivity contribution in [2.24, 2.45) is 5.92 Å². The Labute approximate surface area is 316 Å². The zero-order valence-corrected chi connectivity index (χ0v) is 30.7. The first-order valence-corrected chi connectivity index (χ1v) is 18.4. The van der Waals surface area contributed by atoms with E-state index < -0.39 is 12.4 Å². The third-order valence-corrected chi connectivity index (χ3v) is 10.4. The summed E-state index contributed by atoms with van der Waals surface area (Å²) in [5.41, 5.74) is 8.23. The molecule has 0 saturated carbocycles. The van der Waals surface area contributed by atoms with E-state index in [0.717, 1.165) is 44.5 Å². The standard InChI is InChI=1S/C45H46N4O5/c1-29-41(27-49(3)30(2)42(51)33-12-5-4-6-13-33)53-45(54-43(29)34-21-19-31(28-50)20-22-34)37-16-10-15-36(24-37)35-14-9-11-32(23-35)25-47-44(52)40-26-46-38-17-7-8-18-39(38)48-40/h4-24,26,29-30,41-43,45,50-51H,25,27-28H2,1-3H3,(H,47,52)/t29-,30+,41+,42+,43+,45+/m0/s1. The highest BCUT2D eigenvalue weighted by atomic mass is 16.7. The third-order valence-electron chi connectivity index (χ3n) is 10.4. The summed E-state index contributed by atoms with van der Waals surface area (Å²) in [6.45, 7) is 5.06. The van der Waals surface area contributed by atoms with E-state index >= 15 is 0 Å². The second-order valence-electron chi connectivity index (χ2n) is 14.1. The fourth-order valence-corrected chi connectivity index (χ4v) is 7.01. The minimum Gasteiger partial charge on any atom is -0.392 e. The van der Waals surface area contributed by atoms with Crippen LogP contribution in [0, 0.1) is 5.92 Å². The van der Waals surface area contributed by atoms with Gasteiger partial charge >= 0.3 is 0 Å². The maximum absolute atomic E-state index is 13.0. The Hall–Kier alpha value is -5.29. The number of hydrogen-bond acceptors (Lipinski definition) is 8. The lowest BCUT2D eigenvalue weighted by Gasteiger charge is -2.43. The molecule has 0 unspecified atom stereocenters. The largest absolute Gasteiger partial charge is 0.392 e. The van der Waals surface area contributed by atoms with Gasteiger partial charge in [-0.1, -0.05) is 110 Å². The molecular weight excluding hydrogens is 677 g/mol. The lowest BCUT2D eigenvalue weighted by Crippen LogP contribution is -2.46. The highest BCUT2D eigenvalue weighted by molar-refractivity contribution is 5.93. The Morgan fingerprint density at radius 1 is 0.815 bits per heavy atom. The van der Waals surface area contributed by atoms with Crippen molar-refractivity contribution in [1.82, 2.24) is 20.2 Å². The zero-order valence-electron chi connectivity index (χ0n) is 30.7. The molecule has 0 bridgehead atoms. The molecule has 1 saturated heterocycles. The lowest BCUT2D eigenvalue weighted by atomic mass is 9.89. The van der Waals surface area contributed by atoms with Gasteiger partial charge in [0.15, 0.2) is 6.29 Å². The summed E-state index contributed by atoms with van der Waals surface area (Å²) in [4.78, 5) is 24.0. The average molecular weight is 723 g/mol. The molecule has 276 valence electrons. The Morgan fingerprint density at radius 3 is 2.28 bits per heavy atom. The van der Waals surface area contributed by atoms with Crippen LogP contribution in [-0.2, 0) is 22.6 Å². The van der Waals surface area contributed by atoms with Crippen molar-refractivity contribution < 1.29 is 24.5 Å². The number of hydrogen-bond donors (Lipinski definition) is 3. The molecule has 54 heavy (non-hydrogen) atoms. The van der Waals surface area contributed by atoms with Gasteiger partial charge in [-0.2, -0.15) is 0 Å². The Kier molecular flexibility index (Phi) is 11.5. The van der Waals surface area contributed by atoms with Crippen LogP contribution in [0.2, 0.25) is 0 Å². The molecule has 0 aliphatic carbocycles. The first-order chi connectivity index (χ1) is 26.3. The topological polar surface area (TPSA) is 117 Å². The summed E-state index contributed by atoms with van der Waals surface area (Å²) in [5.74, 6) is -0.299. The number of amides is 1. The van der Waals surface area contributed by atoms with Crippen LogP contribution in [0.15, 0.2) is 134 Å². The molecule has 5 aromatic carbocycles. The number of carbonyl (C=O) groups excluding carboxylic acids is 1. The number of carbonyl (C=O) groups is 1. The summed E-state index contributed by atoms with van der Waals surface area (Å²) in [5, 5.41) is 23.9. The summed E-state index contributed by atoms with van der Waals surface area (Å²) < 4.78 is 13.6. The number of ether oxygens (including phenoxy) is 2. The Bertz CT molecular complexity index is 2180. The number of nitrogens with one attached hydrogen (secondary N) is 1. The van der Waals surface area contributed by atoms with Crippen LogP contribution in [-0.4, -0.2) is 56.7 Å². The molecule has 0 radical (unpaired) electrons. The molecule has 2 heterocycles. The van der Waals surface area contributed by atoms with E-state index in [0.29, 0.717) is 18.6 Å². The summed E-state index contributed by atoms with van der Waals surface area (Å²) in [7, 11) is 2.02. The second kappa shape index (κ2) is 16.8. The Morgan fingerprint density at radius 2 is 1.52 bits per heavy atom. The molecule has 0 spiro atoms. The van der Waals surface area contributed by atoms with E-state index in [9.17, 15) is 15.0 Å². The molecule has 3 N–H and O–H groups in total. The number of benzene rings is 5. The van der Waals surface area contributed by atoms with Gasteiger partial charge < -0.3 is 25.0 Å². The number of fused-ring (bicyclic) bond motifs is 1. The van der Waals surface area contributed by atoms with Crippen LogP contribution >= 0.6 is 0 Å². The minimum atomic E-state index is -0.655. The fraction of sp³-hybridized carbons (Fsp3) is 0.267. The minimum absolute atomic E-state index is 0.0135. The van der Waals surface area contributed by atoms with Crippen molar-refractivity contribution in [2.75, 3.05) is 13.6 Å². The number of aliphatic hydroxyl groups is 2. The number of aliphatic hydroxyl groups excluding tert-OH is 2. The van der Waals surface area contributed by atoms with E-state index in [-0.39, 0.29) is 42.4 Å². The van der Waals surface area contributed by atoms with Crippen molar-refractivity contribution in [3.63, 3.8) is 0 Å². The predicted molar refractivity (Wildman–Crippen MR) is 209 cm³/mol. The molecule has 6 aromatic rings. The number of aromatic nitrogens is 2. The van der Waals surface area contributed by atoms with Gasteiger partial charge in [0.2, 0.25) is 0 Å². The monoisotopic (exact) mass is 722 g/mol. The molecule has 1 amide bonds. The van der Waals surface area contributed by atoms with Crippen LogP contribution < -0.4 is 5.32 Å². The van der Waals surface area contributed by atoms with Gasteiger partial charge in [0, 0.05) is 30.6 Å². The second-order valence-corrected chi connectivity index (χ2v) is 14.1. The number of likely N-dealkylation sites (N-methyl/N-ethyl adjacent to an activating group) is 1. The molecule has 1 aromatic heterocycles. The van der Waals surface area contributed by atoms with Crippen LogP contribution in [0.25, 0.3) is 22.2 Å². The van der Waals surface area contributed by atoms with Crippen molar-refractivity contribution in [3.05, 3.63) is 167 Å². The molecule has 9 heteroatoms. The van der Waals surface area contributed by atoms with Gasteiger partial charge in [-0.25, -0.2) is 4.98 Å². The molecule has 6 atom stereocenters. The summed E-state index contributed by atoms with van der Waals surface area (Å²) in [6, 6.07) is 41.2.